The zero-order valence-electron chi connectivity index (χ0n) is 29.0. The number of hydrogen-bond donors (Lipinski definition) is 3. The van der Waals surface area contributed by atoms with E-state index in [0.29, 0.717) is 6.42 Å². The Morgan fingerprint density at radius 3 is 1.78 bits per heavy atom. The highest BCUT2D eigenvalue weighted by molar-refractivity contribution is 5.87. The number of carbonyl (C=O) groups is 4. The van der Waals surface area contributed by atoms with Crippen molar-refractivity contribution in [3.8, 4) is 11.1 Å². The molecule has 50 heavy (non-hydrogen) atoms. The van der Waals surface area contributed by atoms with Gasteiger partial charge >= 0.3 is 18.0 Å². The molecule has 3 N–H and O–H groups in total. The summed E-state index contributed by atoms with van der Waals surface area (Å²) in [6.07, 6.45) is 0.388. The molecule has 0 aliphatic heterocycles. The fraction of sp³-hybridized carbons (Fsp3) is 0.317. The molecule has 0 heterocycles. The van der Waals surface area contributed by atoms with Crippen LogP contribution in [0.4, 0.5) is 4.79 Å². The predicted molar refractivity (Wildman–Crippen MR) is 194 cm³/mol. The second-order valence-corrected chi connectivity index (χ2v) is 13.1. The highest BCUT2D eigenvalue weighted by Gasteiger charge is 2.42. The fourth-order valence-corrected chi connectivity index (χ4v) is 5.94. The smallest absolute Gasteiger partial charge is 0.330 e. The van der Waals surface area contributed by atoms with Crippen LogP contribution in [0, 0.1) is 11.8 Å². The average Bonchev–Trinajstić information content (AvgIpc) is 3.10. The molecule has 1 unspecified atom stereocenters. The number of hydrogen-bond acceptors (Lipinski definition) is 5. The number of rotatable bonds is 17. The standard InChI is InChI=1S/C41H47N3O6/c1-30(2)28-44(29-37(25-32-13-7-4-8-14-32)38(46)50-24-23-42-31(3)45)40(49)43-41(39(47)48,26-33-15-9-5-10-16-33)27-34-19-21-36(22-20-34)35-17-11-6-12-18-35/h4-22,30,37H,23-29H2,1-3H3,(H,42,45)(H,43,49)(H,47,48)/t37?,41-/m0/s1. The van der Waals surface area contributed by atoms with Crippen molar-refractivity contribution in [3.63, 3.8) is 0 Å². The number of ether oxygens (including phenoxy) is 1. The summed E-state index contributed by atoms with van der Waals surface area (Å²) < 4.78 is 5.54. The van der Waals surface area contributed by atoms with E-state index in [2.05, 4.69) is 10.6 Å². The van der Waals surface area contributed by atoms with Gasteiger partial charge in [0.25, 0.3) is 0 Å². The van der Waals surface area contributed by atoms with E-state index in [1.165, 1.54) is 11.8 Å². The summed E-state index contributed by atoms with van der Waals surface area (Å²) in [5.74, 6) is -2.62. The molecule has 9 heteroatoms. The molecule has 9 nitrogen and oxygen atoms in total. The number of benzene rings is 4. The summed E-state index contributed by atoms with van der Waals surface area (Å²) in [5.41, 5.74) is 2.75. The van der Waals surface area contributed by atoms with E-state index in [1.807, 2.05) is 129 Å². The normalized spacial score (nSPS) is 12.7. The molecule has 0 saturated carbocycles. The SMILES string of the molecule is CC(=O)NCCOC(=O)C(Cc1ccccc1)CN(CC(C)C)C(=O)N[C@@](Cc1ccccc1)(Cc1ccc(-c2ccccc2)cc1)C(=O)O. The maximum Gasteiger partial charge on any atom is 0.330 e. The lowest BCUT2D eigenvalue weighted by molar-refractivity contribution is -0.149. The van der Waals surface area contributed by atoms with Crippen LogP contribution in [0.15, 0.2) is 115 Å². The van der Waals surface area contributed by atoms with Crippen molar-refractivity contribution in [3.05, 3.63) is 132 Å². The van der Waals surface area contributed by atoms with E-state index in [0.717, 1.165) is 27.8 Å². The second-order valence-electron chi connectivity index (χ2n) is 13.1. The summed E-state index contributed by atoms with van der Waals surface area (Å²) in [5, 5.41) is 16.4. The van der Waals surface area contributed by atoms with Crippen molar-refractivity contribution in [1.29, 1.82) is 0 Å². The van der Waals surface area contributed by atoms with Gasteiger partial charge in [-0.1, -0.05) is 129 Å². The number of carbonyl (C=O) groups excluding carboxylic acids is 3. The van der Waals surface area contributed by atoms with Crippen molar-refractivity contribution < 1.29 is 29.0 Å². The van der Waals surface area contributed by atoms with Crippen molar-refractivity contribution >= 4 is 23.9 Å². The van der Waals surface area contributed by atoms with Gasteiger partial charge in [0.1, 0.15) is 12.1 Å². The van der Waals surface area contributed by atoms with Crippen molar-refractivity contribution in [1.82, 2.24) is 15.5 Å². The molecule has 262 valence electrons. The molecule has 0 bridgehead atoms. The number of amides is 3. The van der Waals surface area contributed by atoms with Gasteiger partial charge in [0.15, 0.2) is 0 Å². The van der Waals surface area contributed by atoms with Gasteiger partial charge in [-0.2, -0.15) is 0 Å². The number of esters is 1. The molecule has 0 aromatic heterocycles. The molecule has 0 saturated heterocycles. The minimum absolute atomic E-state index is 0.00465. The van der Waals surface area contributed by atoms with Crippen LogP contribution in [0.25, 0.3) is 11.1 Å². The van der Waals surface area contributed by atoms with E-state index in [-0.39, 0.29) is 50.9 Å². The quantitative estimate of drug-likeness (QED) is 0.0908. The Kier molecular flexibility index (Phi) is 13.7. The number of nitrogens with one attached hydrogen (secondary N) is 2. The lowest BCUT2D eigenvalue weighted by atomic mass is 9.84. The molecule has 0 spiro atoms. The third kappa shape index (κ3) is 11.3. The maximum absolute atomic E-state index is 14.3. The van der Waals surface area contributed by atoms with Crippen LogP contribution in [0.2, 0.25) is 0 Å². The van der Waals surface area contributed by atoms with Crippen molar-refractivity contribution in [2.75, 3.05) is 26.2 Å². The van der Waals surface area contributed by atoms with Gasteiger partial charge in [0, 0.05) is 32.9 Å². The lowest BCUT2D eigenvalue weighted by Gasteiger charge is -2.35. The van der Waals surface area contributed by atoms with Gasteiger partial charge in [-0.05, 0) is 40.2 Å². The summed E-state index contributed by atoms with van der Waals surface area (Å²) in [4.78, 5) is 53.9. The third-order valence-electron chi connectivity index (χ3n) is 8.36. The Labute approximate surface area is 294 Å². The number of carboxylic acids is 1. The predicted octanol–water partition coefficient (Wildman–Crippen LogP) is 6.17. The van der Waals surface area contributed by atoms with Crippen LogP contribution >= 0.6 is 0 Å². The first-order chi connectivity index (χ1) is 24.0. The van der Waals surface area contributed by atoms with Crippen LogP contribution < -0.4 is 10.6 Å². The highest BCUT2D eigenvalue weighted by atomic mass is 16.5. The third-order valence-corrected chi connectivity index (χ3v) is 8.36. The van der Waals surface area contributed by atoms with Crippen LogP contribution in [0.1, 0.15) is 37.5 Å². The number of urea groups is 1. The molecule has 2 atom stereocenters. The van der Waals surface area contributed by atoms with Gasteiger partial charge < -0.3 is 25.4 Å². The summed E-state index contributed by atoms with van der Waals surface area (Å²) >= 11 is 0. The minimum Gasteiger partial charge on any atom is -0.479 e. The van der Waals surface area contributed by atoms with Crippen molar-refractivity contribution in [2.24, 2.45) is 11.8 Å². The average molecular weight is 678 g/mol. The molecule has 0 aliphatic carbocycles. The van der Waals surface area contributed by atoms with E-state index in [1.54, 1.807) is 0 Å². The van der Waals surface area contributed by atoms with E-state index in [9.17, 15) is 24.3 Å². The van der Waals surface area contributed by atoms with Gasteiger partial charge in [-0.15, -0.1) is 0 Å². The summed E-state index contributed by atoms with van der Waals surface area (Å²) in [6, 6.07) is 35.7. The lowest BCUT2D eigenvalue weighted by Crippen LogP contribution is -2.61. The zero-order chi connectivity index (χ0) is 35.9. The Bertz CT molecular complexity index is 1680. The second kappa shape index (κ2) is 18.4. The summed E-state index contributed by atoms with van der Waals surface area (Å²) in [7, 11) is 0. The number of carboxylic acid groups (broad SMARTS) is 1. The molecule has 4 aromatic carbocycles. The van der Waals surface area contributed by atoms with E-state index >= 15 is 0 Å². The van der Waals surface area contributed by atoms with Gasteiger partial charge in [-0.3, -0.25) is 9.59 Å². The van der Waals surface area contributed by atoms with Crippen LogP contribution in [0.5, 0.6) is 0 Å². The van der Waals surface area contributed by atoms with Crippen LogP contribution in [-0.2, 0) is 38.4 Å². The molecule has 0 fully saturated rings. The Hall–Kier alpha value is -5.44. The molecule has 3 amide bonds. The van der Waals surface area contributed by atoms with Crippen LogP contribution in [-0.4, -0.2) is 65.7 Å². The maximum atomic E-state index is 14.3. The molecule has 0 radical (unpaired) electrons. The Balaban J connectivity index is 1.63. The monoisotopic (exact) mass is 677 g/mol. The largest absolute Gasteiger partial charge is 0.479 e. The molecular weight excluding hydrogens is 630 g/mol. The number of nitrogens with zero attached hydrogens (tertiary/aromatic N) is 1. The first kappa shape index (κ1) is 37.4. The molecule has 0 aliphatic rings. The van der Waals surface area contributed by atoms with Gasteiger partial charge in [0.2, 0.25) is 5.91 Å². The van der Waals surface area contributed by atoms with E-state index < -0.39 is 29.4 Å². The molecule has 4 aromatic rings. The Morgan fingerprint density at radius 2 is 1.24 bits per heavy atom. The first-order valence-electron chi connectivity index (χ1n) is 17.0. The molecule has 4 rings (SSSR count). The van der Waals surface area contributed by atoms with Gasteiger partial charge in [-0.25, -0.2) is 9.59 Å². The van der Waals surface area contributed by atoms with Gasteiger partial charge in [0.05, 0.1) is 12.5 Å². The molecular formula is C41H47N3O6. The minimum atomic E-state index is -1.70. The highest BCUT2D eigenvalue weighted by Crippen LogP contribution is 2.25. The summed E-state index contributed by atoms with van der Waals surface area (Å²) in [6.45, 7) is 5.75. The first-order valence-corrected chi connectivity index (χ1v) is 17.0. The fourth-order valence-electron chi connectivity index (χ4n) is 5.94. The van der Waals surface area contributed by atoms with Crippen LogP contribution in [0.3, 0.4) is 0 Å². The van der Waals surface area contributed by atoms with Crippen molar-refractivity contribution in [2.45, 2.75) is 45.6 Å². The Morgan fingerprint density at radius 1 is 0.720 bits per heavy atom. The van der Waals surface area contributed by atoms with E-state index in [4.69, 9.17) is 4.74 Å². The topological polar surface area (TPSA) is 125 Å². The zero-order valence-corrected chi connectivity index (χ0v) is 29.0. The number of aliphatic carboxylic acids is 1.